The summed E-state index contributed by atoms with van der Waals surface area (Å²) in [5, 5.41) is 4.08. The molecule has 1 aromatic carbocycles. The van der Waals surface area contributed by atoms with Gasteiger partial charge in [0.1, 0.15) is 12.7 Å². The van der Waals surface area contributed by atoms with Gasteiger partial charge in [-0.3, -0.25) is 9.48 Å². The van der Waals surface area contributed by atoms with Crippen molar-refractivity contribution in [2.24, 2.45) is 5.92 Å². The largest absolute Gasteiger partial charge is 0.336 e. The van der Waals surface area contributed by atoms with Crippen LogP contribution in [-0.4, -0.2) is 32.1 Å². The summed E-state index contributed by atoms with van der Waals surface area (Å²) in [5.74, 6) is 0.939. The fourth-order valence-corrected chi connectivity index (χ4v) is 2.85. The summed E-state index contributed by atoms with van der Waals surface area (Å²) in [4.78, 5) is 18.7. The van der Waals surface area contributed by atoms with Gasteiger partial charge in [-0.05, 0) is 37.7 Å². The van der Waals surface area contributed by atoms with Gasteiger partial charge < -0.3 is 4.90 Å². The molecule has 0 unspecified atom stereocenters. The van der Waals surface area contributed by atoms with Crippen molar-refractivity contribution in [1.29, 1.82) is 0 Å². The second kappa shape index (κ2) is 7.40. The van der Waals surface area contributed by atoms with Crippen LogP contribution in [0.1, 0.15) is 44.2 Å². The Balaban J connectivity index is 1.59. The third-order valence-electron chi connectivity index (χ3n) is 4.47. The maximum absolute atomic E-state index is 12.7. The van der Waals surface area contributed by atoms with E-state index in [9.17, 15) is 4.79 Å². The molecule has 1 aromatic heterocycles. The van der Waals surface area contributed by atoms with Crippen LogP contribution < -0.4 is 0 Å². The van der Waals surface area contributed by atoms with Crippen molar-refractivity contribution < 1.29 is 4.79 Å². The molecule has 5 heteroatoms. The minimum absolute atomic E-state index is 0.135. The molecular weight excluding hydrogens is 288 g/mol. The molecule has 0 saturated heterocycles. The van der Waals surface area contributed by atoms with Gasteiger partial charge in [0.05, 0.1) is 6.04 Å². The van der Waals surface area contributed by atoms with Crippen molar-refractivity contribution in [2.45, 2.75) is 45.2 Å². The molecule has 0 N–H and O–H groups in total. The van der Waals surface area contributed by atoms with E-state index in [0.29, 0.717) is 12.3 Å². The van der Waals surface area contributed by atoms with Crippen LogP contribution in [0.15, 0.2) is 43.0 Å². The summed E-state index contributed by atoms with van der Waals surface area (Å²) in [6.07, 6.45) is 7.08. The number of hydrogen-bond acceptors (Lipinski definition) is 3. The number of rotatable bonds is 8. The summed E-state index contributed by atoms with van der Waals surface area (Å²) >= 11 is 0. The van der Waals surface area contributed by atoms with Crippen LogP contribution in [0.2, 0.25) is 0 Å². The van der Waals surface area contributed by atoms with Crippen LogP contribution in [0.5, 0.6) is 0 Å². The van der Waals surface area contributed by atoms with Gasteiger partial charge in [-0.15, -0.1) is 0 Å². The van der Waals surface area contributed by atoms with Gasteiger partial charge in [0.25, 0.3) is 0 Å². The molecule has 0 radical (unpaired) electrons. The van der Waals surface area contributed by atoms with Gasteiger partial charge in [0.2, 0.25) is 5.91 Å². The Kier molecular flexibility index (Phi) is 5.05. The Morgan fingerprint density at radius 3 is 2.78 bits per heavy atom. The van der Waals surface area contributed by atoms with Crippen LogP contribution in [0, 0.1) is 5.92 Å². The quantitative estimate of drug-likeness (QED) is 0.753. The van der Waals surface area contributed by atoms with E-state index in [1.165, 1.54) is 24.7 Å². The molecule has 23 heavy (non-hydrogen) atoms. The minimum atomic E-state index is 0.135. The lowest BCUT2D eigenvalue weighted by atomic mass is 10.1. The van der Waals surface area contributed by atoms with Gasteiger partial charge in [0, 0.05) is 19.5 Å². The van der Waals surface area contributed by atoms with E-state index in [1.807, 2.05) is 18.2 Å². The average Bonchev–Trinajstić information content (AvgIpc) is 3.26. The molecule has 0 aliphatic heterocycles. The van der Waals surface area contributed by atoms with Crippen LogP contribution >= 0.6 is 0 Å². The van der Waals surface area contributed by atoms with Crippen molar-refractivity contribution in [2.75, 3.05) is 6.54 Å². The second-order valence-corrected chi connectivity index (χ2v) is 6.34. The molecule has 3 rings (SSSR count). The molecule has 0 spiro atoms. The molecule has 2 aromatic rings. The van der Waals surface area contributed by atoms with Gasteiger partial charge in [-0.1, -0.05) is 30.3 Å². The lowest BCUT2D eigenvalue weighted by molar-refractivity contribution is -0.133. The fourth-order valence-electron chi connectivity index (χ4n) is 2.85. The van der Waals surface area contributed by atoms with E-state index in [-0.39, 0.29) is 11.9 Å². The van der Waals surface area contributed by atoms with E-state index < -0.39 is 0 Å². The van der Waals surface area contributed by atoms with E-state index in [1.54, 1.807) is 11.0 Å². The highest BCUT2D eigenvalue weighted by Crippen LogP contribution is 2.33. The normalized spacial score (nSPS) is 15.3. The molecule has 1 fully saturated rings. The number of aromatic nitrogens is 3. The molecule has 1 aliphatic rings. The zero-order valence-corrected chi connectivity index (χ0v) is 13.6. The van der Waals surface area contributed by atoms with Gasteiger partial charge >= 0.3 is 0 Å². The Morgan fingerprint density at radius 2 is 2.13 bits per heavy atom. The second-order valence-electron chi connectivity index (χ2n) is 6.34. The van der Waals surface area contributed by atoms with Gasteiger partial charge in [-0.25, -0.2) is 4.98 Å². The monoisotopic (exact) mass is 312 g/mol. The van der Waals surface area contributed by atoms with Crippen molar-refractivity contribution in [1.82, 2.24) is 19.7 Å². The van der Waals surface area contributed by atoms with Crippen LogP contribution in [0.25, 0.3) is 0 Å². The van der Waals surface area contributed by atoms with E-state index in [2.05, 4.69) is 34.0 Å². The lowest BCUT2D eigenvalue weighted by Gasteiger charge is -2.30. The number of carbonyl (C=O) groups is 1. The first-order chi connectivity index (χ1) is 11.2. The van der Waals surface area contributed by atoms with Crippen molar-refractivity contribution in [3.63, 3.8) is 0 Å². The summed E-state index contributed by atoms with van der Waals surface area (Å²) in [6.45, 7) is 3.76. The molecular formula is C18H24N4O. The molecule has 122 valence electrons. The van der Waals surface area contributed by atoms with E-state index in [0.717, 1.165) is 19.5 Å². The minimum Gasteiger partial charge on any atom is -0.336 e. The smallest absolute Gasteiger partial charge is 0.223 e. The van der Waals surface area contributed by atoms with Crippen LogP contribution in [0.3, 0.4) is 0 Å². The topological polar surface area (TPSA) is 51.0 Å². The number of carbonyl (C=O) groups excluding carboxylic acids is 1. The third-order valence-corrected chi connectivity index (χ3v) is 4.47. The maximum Gasteiger partial charge on any atom is 0.223 e. The predicted molar refractivity (Wildman–Crippen MR) is 88.6 cm³/mol. The Bertz CT molecular complexity index is 607. The number of amides is 1. The van der Waals surface area contributed by atoms with Crippen molar-refractivity contribution in [3.8, 4) is 0 Å². The molecule has 0 bridgehead atoms. The third kappa shape index (κ3) is 4.41. The van der Waals surface area contributed by atoms with Crippen LogP contribution in [-0.2, 0) is 11.3 Å². The highest BCUT2D eigenvalue weighted by molar-refractivity contribution is 5.76. The fraction of sp³-hybridized carbons (Fsp3) is 0.500. The molecule has 1 aliphatic carbocycles. The first-order valence-corrected chi connectivity index (χ1v) is 8.41. The first kappa shape index (κ1) is 15.7. The number of benzene rings is 1. The zero-order chi connectivity index (χ0) is 16.1. The zero-order valence-electron chi connectivity index (χ0n) is 13.6. The highest BCUT2D eigenvalue weighted by Gasteiger charge is 2.29. The highest BCUT2D eigenvalue weighted by atomic mass is 16.2. The molecule has 5 nitrogen and oxygen atoms in total. The standard InChI is InChI=1S/C18H24N4O/c1-15(17-6-3-2-4-7-17)22(12-16-9-10-16)18(23)8-5-11-21-14-19-13-20-21/h2-4,6-7,13-16H,5,8-12H2,1H3/t15-/m0/s1. The summed E-state index contributed by atoms with van der Waals surface area (Å²) < 4.78 is 1.78. The predicted octanol–water partition coefficient (Wildman–Crippen LogP) is 3.06. The van der Waals surface area contributed by atoms with Crippen LogP contribution in [0.4, 0.5) is 0 Å². The maximum atomic E-state index is 12.7. The SMILES string of the molecule is C[C@@H](c1ccccc1)N(CC1CC1)C(=O)CCCn1cncn1. The Morgan fingerprint density at radius 1 is 1.35 bits per heavy atom. The van der Waals surface area contributed by atoms with Crippen molar-refractivity contribution >= 4 is 5.91 Å². The van der Waals surface area contributed by atoms with E-state index >= 15 is 0 Å². The molecule has 1 amide bonds. The molecule has 1 saturated carbocycles. The number of aryl methyl sites for hydroxylation is 1. The van der Waals surface area contributed by atoms with E-state index in [4.69, 9.17) is 0 Å². The Labute approximate surface area is 137 Å². The lowest BCUT2D eigenvalue weighted by Crippen LogP contribution is -2.35. The average molecular weight is 312 g/mol. The van der Waals surface area contributed by atoms with Gasteiger partial charge in [0.15, 0.2) is 0 Å². The summed E-state index contributed by atoms with van der Waals surface area (Å²) in [7, 11) is 0. The summed E-state index contributed by atoms with van der Waals surface area (Å²) in [6, 6.07) is 10.4. The number of nitrogens with zero attached hydrogens (tertiary/aromatic N) is 4. The Hall–Kier alpha value is -2.17. The first-order valence-electron chi connectivity index (χ1n) is 8.41. The van der Waals surface area contributed by atoms with Gasteiger partial charge in [-0.2, -0.15) is 5.10 Å². The summed E-state index contributed by atoms with van der Waals surface area (Å²) in [5.41, 5.74) is 1.21. The molecule has 1 atom stereocenters. The molecule has 1 heterocycles. The van der Waals surface area contributed by atoms with Crippen molar-refractivity contribution in [3.05, 3.63) is 48.5 Å². The number of hydrogen-bond donors (Lipinski definition) is 0.